The molecule has 0 aliphatic heterocycles. The predicted octanol–water partition coefficient (Wildman–Crippen LogP) is 2.44. The topological polar surface area (TPSA) is 0 Å². The highest BCUT2D eigenvalue weighted by atomic mass is 14.4. The fraction of sp³-hybridized carbons (Fsp3) is 1.00. The van der Waals surface area contributed by atoms with Gasteiger partial charge in [-0.1, -0.05) is 13.3 Å². The normalized spacial score (nSPS) is 52.9. The van der Waals surface area contributed by atoms with Gasteiger partial charge in [0.05, 0.1) is 0 Å². The van der Waals surface area contributed by atoms with Crippen LogP contribution in [0.1, 0.15) is 32.6 Å². The van der Waals surface area contributed by atoms with E-state index >= 15 is 0 Å². The van der Waals surface area contributed by atoms with E-state index in [4.69, 9.17) is 0 Å². The third kappa shape index (κ3) is 0.519. The van der Waals surface area contributed by atoms with E-state index in [1.165, 1.54) is 0 Å². The molecule has 0 nitrogen and oxygen atoms in total. The van der Waals surface area contributed by atoms with Gasteiger partial charge >= 0.3 is 0 Å². The molecule has 3 atom stereocenters. The molecule has 8 heavy (non-hydrogen) atoms. The summed E-state index contributed by atoms with van der Waals surface area (Å²) < 4.78 is 0. The van der Waals surface area contributed by atoms with Gasteiger partial charge in [0.2, 0.25) is 0 Å². The van der Waals surface area contributed by atoms with Gasteiger partial charge in [-0.25, -0.2) is 0 Å². The van der Waals surface area contributed by atoms with E-state index in [1.807, 2.05) is 0 Å². The second-order valence-corrected chi connectivity index (χ2v) is 3.65. The summed E-state index contributed by atoms with van der Waals surface area (Å²) in [6.45, 7) is 2.42. The Morgan fingerprint density at radius 3 is 2.25 bits per heavy atom. The third-order valence-corrected chi connectivity index (χ3v) is 3.09. The molecule has 0 aromatic rings. The molecular formula is C8H14. The molecular weight excluding hydrogens is 96.1 g/mol. The van der Waals surface area contributed by atoms with Crippen molar-refractivity contribution in [3.05, 3.63) is 0 Å². The van der Waals surface area contributed by atoms with Gasteiger partial charge in [-0.3, -0.25) is 0 Å². The average Bonchev–Trinajstić information content (AvgIpc) is 2.23. The highest BCUT2D eigenvalue weighted by Gasteiger charge is 2.36. The van der Waals surface area contributed by atoms with Gasteiger partial charge in [-0.15, -0.1) is 0 Å². The minimum Gasteiger partial charge on any atom is -0.0622 e. The van der Waals surface area contributed by atoms with Gasteiger partial charge in [0.25, 0.3) is 0 Å². The summed E-state index contributed by atoms with van der Waals surface area (Å²) in [5.41, 5.74) is 0. The molecule has 2 bridgehead atoms. The van der Waals surface area contributed by atoms with E-state index in [1.54, 1.807) is 25.7 Å². The quantitative estimate of drug-likeness (QED) is 0.449. The predicted molar refractivity (Wildman–Crippen MR) is 34.6 cm³/mol. The molecule has 2 saturated carbocycles. The molecule has 2 aliphatic carbocycles. The standard InChI is InChI=1S/C8H14/c1-6-4-7-2-3-8(6)5-7/h6-8H,2-5H2,1H3/t6?,7-,8?/m1/s1. The maximum Gasteiger partial charge on any atom is -0.0386 e. The Bertz CT molecular complexity index is 94.2. The van der Waals surface area contributed by atoms with E-state index in [0.717, 1.165) is 17.8 Å². The van der Waals surface area contributed by atoms with Crippen molar-refractivity contribution in [2.24, 2.45) is 17.8 Å². The lowest BCUT2D eigenvalue weighted by atomic mass is 9.91. The Morgan fingerprint density at radius 2 is 2.00 bits per heavy atom. The molecule has 46 valence electrons. The van der Waals surface area contributed by atoms with Crippen molar-refractivity contribution in [3.8, 4) is 0 Å². The average molecular weight is 110 g/mol. The van der Waals surface area contributed by atoms with Crippen LogP contribution in [-0.4, -0.2) is 0 Å². The van der Waals surface area contributed by atoms with Gasteiger partial charge in [0.1, 0.15) is 0 Å². The zero-order valence-corrected chi connectivity index (χ0v) is 5.56. The minimum absolute atomic E-state index is 1.08. The van der Waals surface area contributed by atoms with Crippen LogP contribution in [0.3, 0.4) is 0 Å². The van der Waals surface area contributed by atoms with Crippen molar-refractivity contribution < 1.29 is 0 Å². The molecule has 0 heteroatoms. The van der Waals surface area contributed by atoms with Gasteiger partial charge < -0.3 is 0 Å². The molecule has 2 fully saturated rings. The van der Waals surface area contributed by atoms with E-state index in [2.05, 4.69) is 6.92 Å². The molecule has 0 saturated heterocycles. The van der Waals surface area contributed by atoms with Crippen LogP contribution in [0.15, 0.2) is 0 Å². The van der Waals surface area contributed by atoms with Crippen LogP contribution >= 0.6 is 0 Å². The molecule has 2 rings (SSSR count). The van der Waals surface area contributed by atoms with Crippen LogP contribution in [0.4, 0.5) is 0 Å². The fourth-order valence-electron chi connectivity index (χ4n) is 2.56. The van der Waals surface area contributed by atoms with Crippen LogP contribution in [0.5, 0.6) is 0 Å². The molecule has 0 N–H and O–H groups in total. The molecule has 2 unspecified atom stereocenters. The van der Waals surface area contributed by atoms with Crippen LogP contribution in [0, 0.1) is 17.8 Å². The molecule has 0 heterocycles. The largest absolute Gasteiger partial charge is 0.0622 e. The number of fused-ring (bicyclic) bond motifs is 2. The first kappa shape index (κ1) is 4.84. The summed E-state index contributed by atoms with van der Waals surface area (Å²) in [5, 5.41) is 0. The lowest BCUT2D eigenvalue weighted by molar-refractivity contribution is 0.360. The summed E-state index contributed by atoms with van der Waals surface area (Å²) in [7, 11) is 0. The van der Waals surface area contributed by atoms with Crippen LogP contribution in [0.2, 0.25) is 0 Å². The number of rotatable bonds is 0. The summed E-state index contributed by atoms with van der Waals surface area (Å²) in [4.78, 5) is 0. The first-order valence-corrected chi connectivity index (χ1v) is 3.86. The van der Waals surface area contributed by atoms with E-state index in [9.17, 15) is 0 Å². The Morgan fingerprint density at radius 1 is 1.12 bits per heavy atom. The Kier molecular flexibility index (Phi) is 0.902. The minimum atomic E-state index is 1.08. The number of hydrogen-bond acceptors (Lipinski definition) is 0. The Hall–Kier alpha value is 0. The summed E-state index contributed by atoms with van der Waals surface area (Å²) in [6, 6.07) is 0. The van der Waals surface area contributed by atoms with Gasteiger partial charge in [0.15, 0.2) is 0 Å². The molecule has 0 amide bonds. The van der Waals surface area contributed by atoms with Gasteiger partial charge in [-0.05, 0) is 37.0 Å². The van der Waals surface area contributed by atoms with Crippen molar-refractivity contribution in [1.82, 2.24) is 0 Å². The van der Waals surface area contributed by atoms with E-state index < -0.39 is 0 Å². The smallest absolute Gasteiger partial charge is 0.0386 e. The summed E-state index contributed by atoms with van der Waals surface area (Å²) in [5.74, 6) is 3.36. The molecule has 0 radical (unpaired) electrons. The van der Waals surface area contributed by atoms with Crippen molar-refractivity contribution in [3.63, 3.8) is 0 Å². The van der Waals surface area contributed by atoms with Crippen molar-refractivity contribution in [2.45, 2.75) is 32.6 Å². The monoisotopic (exact) mass is 110 g/mol. The zero-order valence-electron chi connectivity index (χ0n) is 5.56. The first-order valence-electron chi connectivity index (χ1n) is 3.86. The molecule has 0 spiro atoms. The Labute approximate surface area is 51.3 Å². The lowest BCUT2D eigenvalue weighted by Gasteiger charge is -2.15. The maximum atomic E-state index is 2.42. The van der Waals surface area contributed by atoms with Gasteiger partial charge in [-0.2, -0.15) is 0 Å². The summed E-state index contributed by atoms with van der Waals surface area (Å²) in [6.07, 6.45) is 6.21. The molecule has 2 aliphatic rings. The van der Waals surface area contributed by atoms with E-state index in [0.29, 0.717) is 0 Å². The second kappa shape index (κ2) is 1.49. The fourth-order valence-corrected chi connectivity index (χ4v) is 2.56. The molecule has 0 aromatic heterocycles. The lowest BCUT2D eigenvalue weighted by Crippen LogP contribution is -2.04. The third-order valence-electron chi connectivity index (χ3n) is 3.09. The highest BCUT2D eigenvalue weighted by molar-refractivity contribution is 4.87. The number of hydrogen-bond donors (Lipinski definition) is 0. The van der Waals surface area contributed by atoms with Crippen LogP contribution in [-0.2, 0) is 0 Å². The maximum absolute atomic E-state index is 2.42. The Balaban J connectivity index is 2.11. The van der Waals surface area contributed by atoms with Crippen molar-refractivity contribution in [2.75, 3.05) is 0 Å². The SMILES string of the molecule is CC1C[C@H]2CCC1C2. The second-order valence-electron chi connectivity index (χ2n) is 3.65. The van der Waals surface area contributed by atoms with Crippen molar-refractivity contribution >= 4 is 0 Å². The first-order chi connectivity index (χ1) is 3.86. The zero-order chi connectivity index (χ0) is 5.56. The van der Waals surface area contributed by atoms with Crippen LogP contribution < -0.4 is 0 Å². The van der Waals surface area contributed by atoms with Gasteiger partial charge in [0, 0.05) is 0 Å². The molecule has 0 aromatic carbocycles. The van der Waals surface area contributed by atoms with Crippen molar-refractivity contribution in [1.29, 1.82) is 0 Å². The van der Waals surface area contributed by atoms with Crippen LogP contribution in [0.25, 0.3) is 0 Å². The highest BCUT2D eigenvalue weighted by Crippen LogP contribution is 2.47. The van der Waals surface area contributed by atoms with E-state index in [-0.39, 0.29) is 0 Å². The summed E-state index contributed by atoms with van der Waals surface area (Å²) >= 11 is 0.